The summed E-state index contributed by atoms with van der Waals surface area (Å²) in [4.78, 5) is 11.6. The van der Waals surface area contributed by atoms with Crippen LogP contribution in [0.4, 0.5) is 11.8 Å². The van der Waals surface area contributed by atoms with E-state index in [1.165, 1.54) is 11.1 Å². The second-order valence-electron chi connectivity index (χ2n) is 6.94. The minimum atomic E-state index is -0.0838. The molecule has 5 nitrogen and oxygen atoms in total. The van der Waals surface area contributed by atoms with Gasteiger partial charge >= 0.3 is 0 Å². The van der Waals surface area contributed by atoms with E-state index in [-0.39, 0.29) is 12.6 Å². The van der Waals surface area contributed by atoms with E-state index in [2.05, 4.69) is 52.2 Å². The van der Waals surface area contributed by atoms with Gasteiger partial charge in [-0.1, -0.05) is 31.5 Å². The fourth-order valence-electron chi connectivity index (χ4n) is 2.96. The van der Waals surface area contributed by atoms with Crippen LogP contribution in [0.5, 0.6) is 0 Å². The Morgan fingerprint density at radius 3 is 2.72 bits per heavy atom. The molecule has 0 spiro atoms. The number of aliphatic hydroxyl groups excluding tert-OH is 1. The predicted molar refractivity (Wildman–Crippen MR) is 102 cm³/mol. The first-order valence-electron chi connectivity index (χ1n) is 8.75. The molecule has 0 fully saturated rings. The van der Waals surface area contributed by atoms with Crippen molar-refractivity contribution in [3.63, 3.8) is 0 Å². The number of benzene rings is 1. The molecule has 0 radical (unpaired) electrons. The number of halogens is 1. The van der Waals surface area contributed by atoms with Gasteiger partial charge in [0.2, 0.25) is 5.95 Å². The largest absolute Gasteiger partial charge is 0.394 e. The summed E-state index contributed by atoms with van der Waals surface area (Å²) >= 11 is 6.11. The molecule has 2 N–H and O–H groups in total. The van der Waals surface area contributed by atoms with E-state index >= 15 is 0 Å². The first-order chi connectivity index (χ1) is 12.0. The summed E-state index contributed by atoms with van der Waals surface area (Å²) in [5.41, 5.74) is 3.60. The van der Waals surface area contributed by atoms with Gasteiger partial charge in [-0.3, -0.25) is 0 Å². The molecule has 1 aromatic carbocycles. The first kappa shape index (κ1) is 18.0. The molecule has 134 valence electrons. The quantitative estimate of drug-likeness (QED) is 0.852. The number of nitrogens with one attached hydrogen (secondary N) is 1. The molecule has 0 saturated carbocycles. The van der Waals surface area contributed by atoms with Crippen molar-refractivity contribution in [3.05, 3.63) is 46.1 Å². The highest BCUT2D eigenvalue weighted by atomic mass is 35.5. The van der Waals surface area contributed by atoms with E-state index in [1.54, 1.807) is 0 Å². The van der Waals surface area contributed by atoms with Crippen LogP contribution in [0.3, 0.4) is 0 Å². The van der Waals surface area contributed by atoms with Crippen LogP contribution in [0.25, 0.3) is 0 Å². The average Bonchev–Trinajstić information content (AvgIpc) is 2.60. The topological polar surface area (TPSA) is 61.3 Å². The van der Waals surface area contributed by atoms with E-state index in [4.69, 9.17) is 11.6 Å². The van der Waals surface area contributed by atoms with Crippen LogP contribution in [-0.4, -0.2) is 34.3 Å². The fraction of sp³-hybridized carbons (Fsp3) is 0.474. The number of fused-ring (bicyclic) bond motifs is 1. The van der Waals surface area contributed by atoms with Gasteiger partial charge in [0.15, 0.2) is 0 Å². The highest BCUT2D eigenvalue weighted by molar-refractivity contribution is 6.30. The van der Waals surface area contributed by atoms with Crippen molar-refractivity contribution in [3.8, 4) is 0 Å². The zero-order valence-electron chi connectivity index (χ0n) is 15.0. The van der Waals surface area contributed by atoms with Crippen LogP contribution in [0.2, 0.25) is 5.02 Å². The van der Waals surface area contributed by atoms with E-state index in [0.717, 1.165) is 36.0 Å². The van der Waals surface area contributed by atoms with Crippen LogP contribution < -0.4 is 10.2 Å². The maximum atomic E-state index is 9.28. The van der Waals surface area contributed by atoms with Gasteiger partial charge in [0, 0.05) is 30.2 Å². The normalized spacial score (nSPS) is 15.2. The SMILES string of the molecule is CC(C)c1cc(N2CCc3cc(Cl)ccc3C2)nc(N[C@H](C)CO)n1. The van der Waals surface area contributed by atoms with Gasteiger partial charge in [0.05, 0.1) is 12.3 Å². The van der Waals surface area contributed by atoms with Gasteiger partial charge in [-0.25, -0.2) is 4.98 Å². The van der Waals surface area contributed by atoms with Crippen molar-refractivity contribution in [1.29, 1.82) is 0 Å². The molecule has 6 heteroatoms. The van der Waals surface area contributed by atoms with Crippen molar-refractivity contribution in [2.75, 3.05) is 23.4 Å². The third-order valence-corrected chi connectivity index (χ3v) is 4.71. The minimum Gasteiger partial charge on any atom is -0.394 e. The first-order valence-corrected chi connectivity index (χ1v) is 9.12. The Kier molecular flexibility index (Phi) is 5.45. The minimum absolute atomic E-state index is 0.0441. The Labute approximate surface area is 154 Å². The molecule has 3 rings (SSSR count). The maximum absolute atomic E-state index is 9.28. The van der Waals surface area contributed by atoms with Gasteiger partial charge in [-0.2, -0.15) is 4.98 Å². The molecular weight excluding hydrogens is 336 g/mol. The zero-order chi connectivity index (χ0) is 18.0. The summed E-state index contributed by atoms with van der Waals surface area (Å²) in [6, 6.07) is 8.09. The molecule has 0 aliphatic carbocycles. The van der Waals surface area contributed by atoms with E-state index in [9.17, 15) is 5.11 Å². The Bertz CT molecular complexity index is 750. The van der Waals surface area contributed by atoms with Gasteiger partial charge in [0.1, 0.15) is 5.82 Å². The van der Waals surface area contributed by atoms with Gasteiger partial charge in [-0.15, -0.1) is 0 Å². The molecule has 2 heterocycles. The molecular formula is C19H25ClN4O. The number of nitrogens with zero attached hydrogens (tertiary/aromatic N) is 3. The summed E-state index contributed by atoms with van der Waals surface area (Å²) in [7, 11) is 0. The fourth-order valence-corrected chi connectivity index (χ4v) is 3.15. The molecule has 1 aliphatic heterocycles. The van der Waals surface area contributed by atoms with Gasteiger partial charge < -0.3 is 15.3 Å². The molecule has 1 aromatic heterocycles. The van der Waals surface area contributed by atoms with Crippen molar-refractivity contribution < 1.29 is 5.11 Å². The predicted octanol–water partition coefficient (Wildman–Crippen LogP) is 3.61. The summed E-state index contributed by atoms with van der Waals surface area (Å²) in [5, 5.41) is 13.3. The number of hydrogen-bond acceptors (Lipinski definition) is 5. The van der Waals surface area contributed by atoms with Crippen LogP contribution in [-0.2, 0) is 13.0 Å². The molecule has 25 heavy (non-hydrogen) atoms. The second kappa shape index (κ2) is 7.58. The van der Waals surface area contributed by atoms with Crippen LogP contribution in [0.1, 0.15) is 43.5 Å². The highest BCUT2D eigenvalue weighted by Crippen LogP contribution is 2.27. The molecule has 0 saturated heterocycles. The average molecular weight is 361 g/mol. The lowest BCUT2D eigenvalue weighted by Crippen LogP contribution is -2.31. The van der Waals surface area contributed by atoms with Crippen molar-refractivity contribution >= 4 is 23.4 Å². The standard InChI is InChI=1S/C19H25ClN4O/c1-12(2)17-9-18(23-19(22-17)21-13(3)11-25)24-7-6-14-8-16(20)5-4-15(14)10-24/h4-5,8-9,12-13,25H,6-7,10-11H2,1-3H3,(H,21,22,23)/t13-/m1/s1. The van der Waals surface area contributed by atoms with Crippen molar-refractivity contribution in [2.45, 2.75) is 45.7 Å². The Morgan fingerprint density at radius 2 is 2.00 bits per heavy atom. The number of aliphatic hydroxyl groups is 1. The number of aromatic nitrogens is 2. The Hall–Kier alpha value is -1.85. The lowest BCUT2D eigenvalue weighted by atomic mass is 10.00. The van der Waals surface area contributed by atoms with Crippen molar-refractivity contribution in [1.82, 2.24) is 9.97 Å². The van der Waals surface area contributed by atoms with Crippen LogP contribution >= 0.6 is 11.6 Å². The zero-order valence-corrected chi connectivity index (χ0v) is 15.7. The van der Waals surface area contributed by atoms with E-state index in [0.29, 0.717) is 11.9 Å². The molecule has 1 atom stereocenters. The summed E-state index contributed by atoms with van der Waals surface area (Å²) in [6.07, 6.45) is 0.951. The van der Waals surface area contributed by atoms with Crippen LogP contribution in [0.15, 0.2) is 24.3 Å². The molecule has 1 aliphatic rings. The van der Waals surface area contributed by atoms with Crippen molar-refractivity contribution in [2.24, 2.45) is 0 Å². The molecule has 0 unspecified atom stereocenters. The van der Waals surface area contributed by atoms with Gasteiger partial charge in [0.25, 0.3) is 0 Å². The number of anilines is 2. The van der Waals surface area contributed by atoms with E-state index in [1.807, 2.05) is 13.0 Å². The van der Waals surface area contributed by atoms with Crippen LogP contribution in [0, 0.1) is 0 Å². The number of rotatable bonds is 5. The molecule has 0 bridgehead atoms. The molecule has 2 aromatic rings. The smallest absolute Gasteiger partial charge is 0.225 e. The third-order valence-electron chi connectivity index (χ3n) is 4.48. The Balaban J connectivity index is 1.89. The van der Waals surface area contributed by atoms with E-state index < -0.39 is 0 Å². The maximum Gasteiger partial charge on any atom is 0.225 e. The lowest BCUT2D eigenvalue weighted by Gasteiger charge is -2.30. The second-order valence-corrected chi connectivity index (χ2v) is 7.38. The summed E-state index contributed by atoms with van der Waals surface area (Å²) in [6.45, 7) is 7.92. The number of hydrogen-bond donors (Lipinski definition) is 2. The lowest BCUT2D eigenvalue weighted by molar-refractivity contribution is 0.281. The molecule has 0 amide bonds. The Morgan fingerprint density at radius 1 is 1.20 bits per heavy atom. The third kappa shape index (κ3) is 4.22. The summed E-state index contributed by atoms with van der Waals surface area (Å²) in [5.74, 6) is 1.80. The monoisotopic (exact) mass is 360 g/mol. The van der Waals surface area contributed by atoms with Gasteiger partial charge in [-0.05, 0) is 42.5 Å². The summed E-state index contributed by atoms with van der Waals surface area (Å²) < 4.78 is 0. The highest BCUT2D eigenvalue weighted by Gasteiger charge is 2.20.